The third-order valence-electron chi connectivity index (χ3n) is 4.57. The van der Waals surface area contributed by atoms with Gasteiger partial charge in [0.25, 0.3) is 5.56 Å². The zero-order valence-corrected chi connectivity index (χ0v) is 16.4. The Morgan fingerprint density at radius 3 is 2.52 bits per heavy atom. The lowest BCUT2D eigenvalue weighted by molar-refractivity contribution is 0.594. The molecule has 5 nitrogen and oxygen atoms in total. The van der Waals surface area contributed by atoms with Crippen LogP contribution in [-0.2, 0) is 16.9 Å². The van der Waals surface area contributed by atoms with E-state index in [-0.39, 0.29) is 17.2 Å². The average molecular weight is 385 g/mol. The first-order chi connectivity index (χ1) is 12.9. The molecule has 0 aliphatic rings. The maximum Gasteiger partial charge on any atom is 0.258 e. The third kappa shape index (κ3) is 4.39. The fraction of sp³-hybridized carbons (Fsp3) is 0.286. The summed E-state index contributed by atoms with van der Waals surface area (Å²) in [5.74, 6) is 0.117. The molecule has 0 spiro atoms. The number of aromatic nitrogens is 1. The van der Waals surface area contributed by atoms with Crippen LogP contribution in [0.5, 0.6) is 0 Å². The molecule has 1 N–H and O–H groups in total. The monoisotopic (exact) mass is 384 g/mol. The average Bonchev–Trinajstić information content (AvgIpc) is 2.68. The SMILES string of the molecule is CCCCS(=O)(=O)CNc1cccc(-c2cn(C)c(=O)c3ccccc23)c1. The quantitative estimate of drug-likeness (QED) is 0.673. The molecule has 0 saturated carbocycles. The molecule has 2 aromatic carbocycles. The van der Waals surface area contributed by atoms with E-state index in [0.717, 1.165) is 28.6 Å². The molecule has 27 heavy (non-hydrogen) atoms. The molecule has 3 aromatic rings. The Hall–Kier alpha value is -2.60. The number of unbranched alkanes of at least 4 members (excludes halogenated alkanes) is 1. The second kappa shape index (κ2) is 7.96. The van der Waals surface area contributed by atoms with Gasteiger partial charge in [-0.05, 0) is 35.6 Å². The Balaban J connectivity index is 1.94. The minimum Gasteiger partial charge on any atom is -0.372 e. The summed E-state index contributed by atoms with van der Waals surface area (Å²) in [6.45, 7) is 1.98. The number of anilines is 1. The molecule has 1 heterocycles. The maximum atomic E-state index is 12.4. The fourth-order valence-corrected chi connectivity index (χ4v) is 4.33. The predicted molar refractivity (Wildman–Crippen MR) is 112 cm³/mol. The number of hydrogen-bond donors (Lipinski definition) is 1. The van der Waals surface area contributed by atoms with Gasteiger partial charge in [0.2, 0.25) is 0 Å². The number of nitrogens with one attached hydrogen (secondary N) is 1. The molecule has 0 amide bonds. The van der Waals surface area contributed by atoms with Gasteiger partial charge in [0, 0.05) is 29.9 Å². The largest absolute Gasteiger partial charge is 0.372 e. The van der Waals surface area contributed by atoms with Crippen LogP contribution in [0.15, 0.2) is 59.5 Å². The number of hydrogen-bond acceptors (Lipinski definition) is 4. The van der Waals surface area contributed by atoms with Crippen molar-refractivity contribution in [1.82, 2.24) is 4.57 Å². The van der Waals surface area contributed by atoms with Gasteiger partial charge in [0.1, 0.15) is 5.88 Å². The lowest BCUT2D eigenvalue weighted by Gasteiger charge is -2.12. The number of sulfone groups is 1. The van der Waals surface area contributed by atoms with E-state index in [1.807, 2.05) is 61.7 Å². The lowest BCUT2D eigenvalue weighted by Crippen LogP contribution is -2.18. The highest BCUT2D eigenvalue weighted by Gasteiger charge is 2.11. The van der Waals surface area contributed by atoms with Gasteiger partial charge in [-0.15, -0.1) is 0 Å². The van der Waals surface area contributed by atoms with Crippen molar-refractivity contribution < 1.29 is 8.42 Å². The maximum absolute atomic E-state index is 12.4. The number of fused-ring (bicyclic) bond motifs is 1. The van der Waals surface area contributed by atoms with Crippen LogP contribution in [0, 0.1) is 0 Å². The summed E-state index contributed by atoms with van der Waals surface area (Å²) in [5, 5.41) is 4.57. The van der Waals surface area contributed by atoms with Gasteiger partial charge in [-0.2, -0.15) is 0 Å². The molecule has 0 unspecified atom stereocenters. The summed E-state index contributed by atoms with van der Waals surface area (Å²) >= 11 is 0. The van der Waals surface area contributed by atoms with Gasteiger partial charge >= 0.3 is 0 Å². The summed E-state index contributed by atoms with van der Waals surface area (Å²) in [7, 11) is -1.39. The minimum atomic E-state index is -3.12. The van der Waals surface area contributed by atoms with Gasteiger partial charge in [0.05, 0.1) is 5.75 Å². The van der Waals surface area contributed by atoms with Crippen molar-refractivity contribution in [3.63, 3.8) is 0 Å². The van der Waals surface area contributed by atoms with Crippen LogP contribution in [0.1, 0.15) is 19.8 Å². The van der Waals surface area contributed by atoms with E-state index in [0.29, 0.717) is 11.8 Å². The molecule has 6 heteroatoms. The third-order valence-corrected chi connectivity index (χ3v) is 6.06. The highest BCUT2D eigenvalue weighted by Crippen LogP contribution is 2.28. The molecular weight excluding hydrogens is 360 g/mol. The van der Waals surface area contributed by atoms with Crippen LogP contribution < -0.4 is 10.9 Å². The first-order valence-corrected chi connectivity index (χ1v) is 10.9. The minimum absolute atomic E-state index is 0.0364. The Kier molecular flexibility index (Phi) is 5.65. The van der Waals surface area contributed by atoms with Crippen molar-refractivity contribution in [1.29, 1.82) is 0 Å². The van der Waals surface area contributed by atoms with Gasteiger partial charge in [-0.3, -0.25) is 4.79 Å². The predicted octanol–water partition coefficient (Wildman–Crippen LogP) is 3.79. The standard InChI is InChI=1S/C21H24N2O3S/c1-3-4-12-27(25,26)15-22-17-9-7-8-16(13-17)20-14-23(2)21(24)19-11-6-5-10-18(19)20/h5-11,13-14,22H,3-4,12,15H2,1-2H3. The van der Waals surface area contributed by atoms with Crippen LogP contribution >= 0.6 is 0 Å². The normalized spacial score (nSPS) is 11.6. The molecule has 142 valence electrons. The molecule has 0 atom stereocenters. The first-order valence-electron chi connectivity index (χ1n) is 9.04. The smallest absolute Gasteiger partial charge is 0.258 e. The second-order valence-corrected chi connectivity index (χ2v) is 8.89. The van der Waals surface area contributed by atoms with E-state index in [9.17, 15) is 13.2 Å². The Morgan fingerprint density at radius 1 is 1.04 bits per heavy atom. The molecule has 1 aromatic heterocycles. The molecule has 0 aliphatic carbocycles. The summed E-state index contributed by atoms with van der Waals surface area (Å²) < 4.78 is 25.7. The fourth-order valence-electron chi connectivity index (χ4n) is 3.07. The van der Waals surface area contributed by atoms with Crippen LogP contribution in [0.4, 0.5) is 5.69 Å². The number of rotatable bonds is 7. The molecule has 0 bridgehead atoms. The van der Waals surface area contributed by atoms with Crippen LogP contribution in [-0.4, -0.2) is 24.6 Å². The molecule has 0 fully saturated rings. The van der Waals surface area contributed by atoms with E-state index in [4.69, 9.17) is 0 Å². The Labute approximate surface area is 159 Å². The summed E-state index contributed by atoms with van der Waals surface area (Å²) in [6, 6.07) is 15.1. The van der Waals surface area contributed by atoms with Crippen molar-refractivity contribution in [3.8, 4) is 11.1 Å². The van der Waals surface area contributed by atoms with Gasteiger partial charge in [-0.25, -0.2) is 8.42 Å². The topological polar surface area (TPSA) is 68.2 Å². The van der Waals surface area contributed by atoms with Crippen molar-refractivity contribution in [2.75, 3.05) is 16.9 Å². The molecule has 0 aliphatic heterocycles. The van der Waals surface area contributed by atoms with Crippen LogP contribution in [0.25, 0.3) is 21.9 Å². The molecule has 3 rings (SSSR count). The molecular formula is C21H24N2O3S. The van der Waals surface area contributed by atoms with Gasteiger partial charge in [0.15, 0.2) is 9.84 Å². The number of nitrogens with zero attached hydrogens (tertiary/aromatic N) is 1. The molecule has 0 radical (unpaired) electrons. The van der Waals surface area contributed by atoms with Crippen molar-refractivity contribution in [2.24, 2.45) is 7.05 Å². The second-order valence-electron chi connectivity index (χ2n) is 6.71. The highest BCUT2D eigenvalue weighted by atomic mass is 32.2. The van der Waals surface area contributed by atoms with Gasteiger partial charge in [-0.1, -0.05) is 43.7 Å². The van der Waals surface area contributed by atoms with Crippen LogP contribution in [0.3, 0.4) is 0 Å². The summed E-state index contributed by atoms with van der Waals surface area (Å²) in [4.78, 5) is 12.4. The van der Waals surface area contributed by atoms with E-state index < -0.39 is 9.84 Å². The Bertz CT molecular complexity index is 1120. The van der Waals surface area contributed by atoms with E-state index in [1.54, 1.807) is 11.6 Å². The summed E-state index contributed by atoms with van der Waals surface area (Å²) in [5.41, 5.74) is 2.57. The molecule has 0 saturated heterocycles. The Morgan fingerprint density at radius 2 is 1.78 bits per heavy atom. The van der Waals surface area contributed by atoms with Gasteiger partial charge < -0.3 is 9.88 Å². The number of aryl methyl sites for hydroxylation is 1. The lowest BCUT2D eigenvalue weighted by atomic mass is 10.0. The number of pyridine rings is 1. The van der Waals surface area contributed by atoms with E-state index in [1.165, 1.54) is 0 Å². The van der Waals surface area contributed by atoms with Crippen LogP contribution in [0.2, 0.25) is 0 Å². The zero-order chi connectivity index (χ0) is 19.4. The highest BCUT2D eigenvalue weighted by molar-refractivity contribution is 7.91. The van der Waals surface area contributed by atoms with Crippen molar-refractivity contribution in [2.45, 2.75) is 19.8 Å². The van der Waals surface area contributed by atoms with E-state index in [2.05, 4.69) is 5.32 Å². The zero-order valence-electron chi connectivity index (χ0n) is 15.6. The summed E-state index contributed by atoms with van der Waals surface area (Å²) in [6.07, 6.45) is 3.35. The van der Waals surface area contributed by atoms with Crippen molar-refractivity contribution >= 4 is 26.3 Å². The van der Waals surface area contributed by atoms with E-state index >= 15 is 0 Å². The van der Waals surface area contributed by atoms with Crippen molar-refractivity contribution in [3.05, 3.63) is 65.1 Å². The first kappa shape index (κ1) is 19.2. The number of benzene rings is 2.